The second-order valence-electron chi connectivity index (χ2n) is 5.86. The molecule has 1 aliphatic rings. The second-order valence-corrected chi connectivity index (χ2v) is 6.23. The lowest BCUT2D eigenvalue weighted by atomic mass is 10.1. The number of nitrogens with zero attached hydrogens (tertiary/aromatic N) is 3. The summed E-state index contributed by atoms with van der Waals surface area (Å²) < 4.78 is 2.19. The van der Waals surface area contributed by atoms with Crippen LogP contribution in [-0.2, 0) is 6.54 Å². The summed E-state index contributed by atoms with van der Waals surface area (Å²) in [6.45, 7) is 6.39. The summed E-state index contributed by atoms with van der Waals surface area (Å²) in [6.07, 6.45) is 9.81. The van der Waals surface area contributed by atoms with Crippen LogP contribution in [0.1, 0.15) is 64.1 Å². The molecule has 1 saturated carbocycles. The molecule has 0 aromatic carbocycles. The quantitative estimate of drug-likeness (QED) is 0.670. The maximum absolute atomic E-state index is 5.96. The number of rotatable bonds is 8. The first-order valence-electron chi connectivity index (χ1n) is 8.12. The third-order valence-electron chi connectivity index (χ3n) is 4.56. The normalized spacial score (nSPS) is 16.6. The Morgan fingerprint density at radius 1 is 1.35 bits per heavy atom. The molecule has 1 fully saturated rings. The zero-order valence-electron chi connectivity index (χ0n) is 12.9. The van der Waals surface area contributed by atoms with Gasteiger partial charge >= 0.3 is 0 Å². The van der Waals surface area contributed by atoms with Gasteiger partial charge in [-0.1, -0.05) is 26.7 Å². The molecule has 0 aliphatic heterocycles. The molecule has 2 rings (SSSR count). The Bertz CT molecular complexity index is 381. The Morgan fingerprint density at radius 2 is 2.05 bits per heavy atom. The van der Waals surface area contributed by atoms with Gasteiger partial charge in [-0.3, -0.25) is 9.58 Å². The van der Waals surface area contributed by atoms with Gasteiger partial charge in [0.1, 0.15) is 0 Å². The first kappa shape index (κ1) is 15.8. The van der Waals surface area contributed by atoms with Crippen molar-refractivity contribution in [2.24, 2.45) is 0 Å². The third kappa shape index (κ3) is 3.98. The van der Waals surface area contributed by atoms with E-state index in [0.29, 0.717) is 18.0 Å². The van der Waals surface area contributed by atoms with Gasteiger partial charge in [0, 0.05) is 31.2 Å². The molecule has 0 saturated heterocycles. The highest BCUT2D eigenvalue weighted by molar-refractivity contribution is 6.18. The lowest BCUT2D eigenvalue weighted by Crippen LogP contribution is -2.35. The van der Waals surface area contributed by atoms with Gasteiger partial charge in [0.05, 0.1) is 11.7 Å². The van der Waals surface area contributed by atoms with Crippen molar-refractivity contribution >= 4 is 11.6 Å². The fraction of sp³-hybridized carbons (Fsp3) is 0.812. The summed E-state index contributed by atoms with van der Waals surface area (Å²) in [5.41, 5.74) is 1.19. The molecule has 0 N–H and O–H groups in total. The van der Waals surface area contributed by atoms with Gasteiger partial charge in [-0.2, -0.15) is 5.10 Å². The molecule has 0 atom stereocenters. The first-order valence-corrected chi connectivity index (χ1v) is 8.66. The Hall–Kier alpha value is -0.540. The van der Waals surface area contributed by atoms with Crippen molar-refractivity contribution < 1.29 is 0 Å². The zero-order chi connectivity index (χ0) is 14.4. The highest BCUT2D eigenvalue weighted by Gasteiger charge is 2.19. The Morgan fingerprint density at radius 3 is 2.65 bits per heavy atom. The van der Waals surface area contributed by atoms with E-state index in [9.17, 15) is 0 Å². The van der Waals surface area contributed by atoms with Gasteiger partial charge in [0.25, 0.3) is 0 Å². The van der Waals surface area contributed by atoms with E-state index in [1.165, 1.54) is 44.2 Å². The summed E-state index contributed by atoms with van der Waals surface area (Å²) in [4.78, 5) is 2.48. The summed E-state index contributed by atoms with van der Waals surface area (Å²) in [5, 5.41) is 4.80. The highest BCUT2D eigenvalue weighted by Crippen LogP contribution is 2.28. The van der Waals surface area contributed by atoms with Crippen molar-refractivity contribution in [3.8, 4) is 0 Å². The largest absolute Gasteiger partial charge is 0.293 e. The van der Waals surface area contributed by atoms with Crippen LogP contribution in [0.25, 0.3) is 0 Å². The average molecular weight is 298 g/mol. The predicted octanol–water partition coefficient (Wildman–Crippen LogP) is 4.23. The number of hydrogen-bond donors (Lipinski definition) is 0. The van der Waals surface area contributed by atoms with Crippen LogP contribution in [-0.4, -0.2) is 33.1 Å². The molecule has 0 amide bonds. The van der Waals surface area contributed by atoms with E-state index in [1.54, 1.807) is 0 Å². The molecule has 1 aromatic rings. The van der Waals surface area contributed by atoms with Crippen LogP contribution < -0.4 is 0 Å². The molecule has 1 aliphatic carbocycles. The minimum atomic E-state index is 0.616. The number of hydrogen-bond acceptors (Lipinski definition) is 2. The van der Waals surface area contributed by atoms with Gasteiger partial charge in [-0.15, -0.1) is 11.6 Å². The van der Waals surface area contributed by atoms with Crippen LogP contribution in [0.3, 0.4) is 0 Å². The van der Waals surface area contributed by atoms with Crippen molar-refractivity contribution in [3.05, 3.63) is 18.0 Å². The molecule has 20 heavy (non-hydrogen) atoms. The van der Waals surface area contributed by atoms with E-state index in [1.807, 2.05) is 0 Å². The van der Waals surface area contributed by atoms with Crippen LogP contribution in [0.2, 0.25) is 0 Å². The Kier molecular flexibility index (Phi) is 6.37. The minimum Gasteiger partial charge on any atom is -0.293 e. The molecule has 0 bridgehead atoms. The fourth-order valence-electron chi connectivity index (χ4n) is 3.35. The zero-order valence-corrected chi connectivity index (χ0v) is 13.6. The molecular weight excluding hydrogens is 270 g/mol. The van der Waals surface area contributed by atoms with Crippen molar-refractivity contribution in [1.29, 1.82) is 0 Å². The summed E-state index contributed by atoms with van der Waals surface area (Å²) in [6, 6.07) is 3.44. The molecule has 1 aromatic heterocycles. The van der Waals surface area contributed by atoms with E-state index >= 15 is 0 Å². The van der Waals surface area contributed by atoms with Gasteiger partial charge in [-0.05, 0) is 31.7 Å². The monoisotopic (exact) mass is 297 g/mol. The molecule has 4 heteroatoms. The number of aromatic nitrogens is 2. The van der Waals surface area contributed by atoms with Crippen LogP contribution in [0.15, 0.2) is 12.3 Å². The minimum absolute atomic E-state index is 0.616. The van der Waals surface area contributed by atoms with Gasteiger partial charge in [0.15, 0.2) is 0 Å². The molecular formula is C16H28ClN3. The maximum atomic E-state index is 5.96. The van der Waals surface area contributed by atoms with E-state index < -0.39 is 0 Å². The highest BCUT2D eigenvalue weighted by atomic mass is 35.5. The van der Waals surface area contributed by atoms with Crippen molar-refractivity contribution in [2.45, 2.75) is 71.0 Å². The summed E-state index contributed by atoms with van der Waals surface area (Å²) in [5.74, 6) is 0.694. The van der Waals surface area contributed by atoms with Gasteiger partial charge in [0.2, 0.25) is 0 Å². The predicted molar refractivity (Wildman–Crippen MR) is 85.2 cm³/mol. The maximum Gasteiger partial charge on any atom is 0.0765 e. The lowest BCUT2D eigenvalue weighted by Gasteiger charge is -2.29. The van der Waals surface area contributed by atoms with Crippen molar-refractivity contribution in [3.63, 3.8) is 0 Å². The SMILES string of the molecule is CCC(CC)N(CCCl)Cc1ccn(C2CCCC2)n1. The molecule has 0 radical (unpaired) electrons. The lowest BCUT2D eigenvalue weighted by molar-refractivity contribution is 0.185. The average Bonchev–Trinajstić information content (AvgIpc) is 3.10. The topological polar surface area (TPSA) is 21.1 Å². The molecule has 1 heterocycles. The van der Waals surface area contributed by atoms with Crippen LogP contribution in [0.4, 0.5) is 0 Å². The van der Waals surface area contributed by atoms with Crippen LogP contribution in [0.5, 0.6) is 0 Å². The summed E-state index contributed by atoms with van der Waals surface area (Å²) >= 11 is 5.96. The first-order chi connectivity index (χ1) is 9.78. The van der Waals surface area contributed by atoms with E-state index in [-0.39, 0.29) is 0 Å². The van der Waals surface area contributed by atoms with E-state index in [2.05, 4.69) is 35.7 Å². The molecule has 114 valence electrons. The molecule has 3 nitrogen and oxygen atoms in total. The Balaban J connectivity index is 1.98. The van der Waals surface area contributed by atoms with Crippen molar-refractivity contribution in [2.75, 3.05) is 12.4 Å². The second kappa shape index (κ2) is 8.04. The van der Waals surface area contributed by atoms with Gasteiger partial charge in [-0.25, -0.2) is 0 Å². The van der Waals surface area contributed by atoms with E-state index in [0.717, 1.165) is 13.1 Å². The van der Waals surface area contributed by atoms with Crippen LogP contribution >= 0.6 is 11.6 Å². The summed E-state index contributed by atoms with van der Waals surface area (Å²) in [7, 11) is 0. The fourth-order valence-corrected chi connectivity index (χ4v) is 3.56. The smallest absolute Gasteiger partial charge is 0.0765 e. The number of halogens is 1. The Labute approximate surface area is 128 Å². The standard InChI is InChI=1S/C16H28ClN3/c1-3-15(4-2)19(12-10-17)13-14-9-11-20(18-14)16-7-5-6-8-16/h9,11,15-16H,3-8,10,12-13H2,1-2H3. The third-order valence-corrected chi connectivity index (χ3v) is 4.73. The number of alkyl halides is 1. The molecule has 0 unspecified atom stereocenters. The van der Waals surface area contributed by atoms with Gasteiger partial charge < -0.3 is 0 Å². The van der Waals surface area contributed by atoms with E-state index in [4.69, 9.17) is 16.7 Å². The van der Waals surface area contributed by atoms with Crippen LogP contribution in [0, 0.1) is 0 Å². The van der Waals surface area contributed by atoms with Crippen molar-refractivity contribution in [1.82, 2.24) is 14.7 Å². The molecule has 0 spiro atoms.